The summed E-state index contributed by atoms with van der Waals surface area (Å²) in [5.74, 6) is 2.36. The first-order valence-electron chi connectivity index (χ1n) is 8.27. The monoisotopic (exact) mass is 300 g/mol. The van der Waals surface area contributed by atoms with Crippen LogP contribution >= 0.6 is 12.4 Å². The standard InChI is InChI=1S/C16H28N2O.ClH/c17-15-8-7-13-10-18(11-14(13)15)16(19)9-12-5-3-1-2-4-6-12;/h12-15H,1-11,17H2;1H. The molecule has 0 aromatic rings. The Balaban J connectivity index is 0.00000147. The molecule has 116 valence electrons. The molecule has 3 atom stereocenters. The molecule has 0 aromatic carbocycles. The highest BCUT2D eigenvalue weighted by molar-refractivity contribution is 5.85. The number of likely N-dealkylation sites (tertiary alicyclic amines) is 1. The Bertz CT molecular complexity index is 328. The van der Waals surface area contributed by atoms with Gasteiger partial charge in [0.15, 0.2) is 0 Å². The quantitative estimate of drug-likeness (QED) is 0.797. The van der Waals surface area contributed by atoms with Crippen LogP contribution in [0.15, 0.2) is 0 Å². The van der Waals surface area contributed by atoms with Gasteiger partial charge in [-0.15, -0.1) is 12.4 Å². The van der Waals surface area contributed by atoms with Crippen LogP contribution in [0.2, 0.25) is 0 Å². The summed E-state index contributed by atoms with van der Waals surface area (Å²) in [4.78, 5) is 14.6. The maximum absolute atomic E-state index is 12.4. The fourth-order valence-electron chi connectivity index (χ4n) is 4.46. The zero-order chi connectivity index (χ0) is 13.2. The Morgan fingerprint density at radius 3 is 2.35 bits per heavy atom. The van der Waals surface area contributed by atoms with Gasteiger partial charge in [0.25, 0.3) is 0 Å². The van der Waals surface area contributed by atoms with E-state index in [9.17, 15) is 4.79 Å². The van der Waals surface area contributed by atoms with Gasteiger partial charge in [0.1, 0.15) is 0 Å². The van der Waals surface area contributed by atoms with Crippen LogP contribution in [0, 0.1) is 17.8 Å². The number of carbonyl (C=O) groups is 1. The summed E-state index contributed by atoms with van der Waals surface area (Å²) in [7, 11) is 0. The second-order valence-electron chi connectivity index (χ2n) is 7.03. The van der Waals surface area contributed by atoms with Crippen molar-refractivity contribution in [2.45, 2.75) is 63.8 Å². The van der Waals surface area contributed by atoms with Gasteiger partial charge in [-0.3, -0.25) is 4.79 Å². The first-order valence-corrected chi connectivity index (χ1v) is 8.27. The van der Waals surface area contributed by atoms with Gasteiger partial charge in [-0.05, 0) is 43.4 Å². The van der Waals surface area contributed by atoms with Gasteiger partial charge in [0.05, 0.1) is 0 Å². The number of carbonyl (C=O) groups excluding carboxylic acids is 1. The Kier molecular flexibility index (Phi) is 5.74. The Morgan fingerprint density at radius 2 is 1.70 bits per heavy atom. The van der Waals surface area contributed by atoms with Crippen LogP contribution in [-0.4, -0.2) is 29.9 Å². The Hall–Kier alpha value is -0.280. The molecule has 1 heterocycles. The molecule has 3 aliphatic rings. The lowest BCUT2D eigenvalue weighted by Crippen LogP contribution is -2.34. The van der Waals surface area contributed by atoms with Crippen LogP contribution in [0.4, 0.5) is 0 Å². The molecule has 3 nitrogen and oxygen atoms in total. The molecule has 0 aromatic heterocycles. The predicted octanol–water partition coefficient (Wildman–Crippen LogP) is 2.96. The second kappa shape index (κ2) is 7.13. The van der Waals surface area contributed by atoms with Gasteiger partial charge >= 0.3 is 0 Å². The van der Waals surface area contributed by atoms with Gasteiger partial charge in [-0.2, -0.15) is 0 Å². The summed E-state index contributed by atoms with van der Waals surface area (Å²) in [6.45, 7) is 1.93. The third kappa shape index (κ3) is 3.48. The van der Waals surface area contributed by atoms with E-state index in [1.54, 1.807) is 0 Å². The molecule has 0 bridgehead atoms. The number of rotatable bonds is 2. The molecular formula is C16H29ClN2O. The van der Waals surface area contributed by atoms with Gasteiger partial charge in [0.2, 0.25) is 5.91 Å². The Labute approximate surface area is 129 Å². The lowest BCUT2D eigenvalue weighted by Gasteiger charge is -2.21. The normalized spacial score (nSPS) is 34.5. The van der Waals surface area contributed by atoms with Crippen molar-refractivity contribution in [2.24, 2.45) is 23.5 Å². The first-order chi connectivity index (χ1) is 9.24. The molecule has 3 fully saturated rings. The Morgan fingerprint density at radius 1 is 1.00 bits per heavy atom. The summed E-state index contributed by atoms with van der Waals surface area (Å²) >= 11 is 0. The maximum Gasteiger partial charge on any atom is 0.222 e. The third-order valence-electron chi connectivity index (χ3n) is 5.70. The van der Waals surface area contributed by atoms with Crippen molar-refractivity contribution in [3.63, 3.8) is 0 Å². The van der Waals surface area contributed by atoms with Gasteiger partial charge in [-0.25, -0.2) is 0 Å². The summed E-state index contributed by atoms with van der Waals surface area (Å²) in [6.07, 6.45) is 11.1. The molecule has 0 radical (unpaired) electrons. The highest BCUT2D eigenvalue weighted by Crippen LogP contribution is 2.37. The van der Waals surface area contributed by atoms with Crippen molar-refractivity contribution in [3.8, 4) is 0 Å². The highest BCUT2D eigenvalue weighted by Gasteiger charge is 2.42. The number of nitrogens with two attached hydrogens (primary N) is 1. The van der Waals surface area contributed by atoms with Crippen molar-refractivity contribution < 1.29 is 4.79 Å². The largest absolute Gasteiger partial charge is 0.342 e. The van der Waals surface area contributed by atoms with E-state index in [0.29, 0.717) is 29.7 Å². The van der Waals surface area contributed by atoms with Crippen LogP contribution in [0.1, 0.15) is 57.8 Å². The summed E-state index contributed by atoms with van der Waals surface area (Å²) in [6, 6.07) is 0.348. The van der Waals surface area contributed by atoms with E-state index in [2.05, 4.69) is 4.90 Å². The van der Waals surface area contributed by atoms with Crippen molar-refractivity contribution in [3.05, 3.63) is 0 Å². The molecule has 1 aliphatic heterocycles. The van der Waals surface area contributed by atoms with E-state index in [-0.39, 0.29) is 12.4 Å². The molecular weight excluding hydrogens is 272 g/mol. The third-order valence-corrected chi connectivity index (χ3v) is 5.70. The lowest BCUT2D eigenvalue weighted by atomic mass is 9.96. The minimum Gasteiger partial charge on any atom is -0.342 e. The minimum absolute atomic E-state index is 0. The summed E-state index contributed by atoms with van der Waals surface area (Å²) < 4.78 is 0. The van der Waals surface area contributed by atoms with Gasteiger partial charge in [0, 0.05) is 25.6 Å². The van der Waals surface area contributed by atoms with Crippen molar-refractivity contribution in [1.82, 2.24) is 4.90 Å². The van der Waals surface area contributed by atoms with Crippen LogP contribution in [0.3, 0.4) is 0 Å². The molecule has 4 heteroatoms. The van der Waals surface area contributed by atoms with Crippen LogP contribution in [0.25, 0.3) is 0 Å². The van der Waals surface area contributed by atoms with Crippen LogP contribution in [-0.2, 0) is 4.79 Å². The fourth-order valence-corrected chi connectivity index (χ4v) is 4.46. The van der Waals surface area contributed by atoms with E-state index < -0.39 is 0 Å². The SMILES string of the molecule is Cl.NC1CCC2CN(C(=O)CC3CCCCCC3)CC12. The van der Waals surface area contributed by atoms with E-state index in [0.717, 1.165) is 19.5 Å². The van der Waals surface area contributed by atoms with Crippen molar-refractivity contribution in [1.29, 1.82) is 0 Å². The average Bonchev–Trinajstić information content (AvgIpc) is 2.86. The van der Waals surface area contributed by atoms with E-state index >= 15 is 0 Å². The lowest BCUT2D eigenvalue weighted by molar-refractivity contribution is -0.131. The van der Waals surface area contributed by atoms with Crippen molar-refractivity contribution in [2.75, 3.05) is 13.1 Å². The number of hydrogen-bond acceptors (Lipinski definition) is 2. The minimum atomic E-state index is 0. The molecule has 3 rings (SSSR count). The molecule has 2 saturated carbocycles. The second-order valence-corrected chi connectivity index (χ2v) is 7.03. The van der Waals surface area contributed by atoms with Crippen LogP contribution < -0.4 is 5.73 Å². The molecule has 2 N–H and O–H groups in total. The fraction of sp³-hybridized carbons (Fsp3) is 0.938. The topological polar surface area (TPSA) is 46.3 Å². The van der Waals surface area contributed by atoms with E-state index in [1.807, 2.05) is 0 Å². The zero-order valence-corrected chi connectivity index (χ0v) is 13.2. The molecule has 1 saturated heterocycles. The first kappa shape index (κ1) is 16.1. The summed E-state index contributed by atoms with van der Waals surface area (Å²) in [5, 5.41) is 0. The molecule has 1 amide bonds. The molecule has 0 spiro atoms. The van der Waals surface area contributed by atoms with Crippen LogP contribution in [0.5, 0.6) is 0 Å². The molecule has 20 heavy (non-hydrogen) atoms. The van der Waals surface area contributed by atoms with Crippen molar-refractivity contribution >= 4 is 18.3 Å². The van der Waals surface area contributed by atoms with Gasteiger partial charge in [-0.1, -0.05) is 25.7 Å². The number of amides is 1. The van der Waals surface area contributed by atoms with E-state index in [4.69, 9.17) is 5.73 Å². The maximum atomic E-state index is 12.4. The number of hydrogen-bond donors (Lipinski definition) is 1. The number of nitrogens with zero attached hydrogens (tertiary/aromatic N) is 1. The molecule has 2 aliphatic carbocycles. The van der Waals surface area contributed by atoms with E-state index in [1.165, 1.54) is 51.4 Å². The van der Waals surface area contributed by atoms with Gasteiger partial charge < -0.3 is 10.6 Å². The molecule has 3 unspecified atom stereocenters. The average molecular weight is 301 g/mol. The number of fused-ring (bicyclic) bond motifs is 1. The summed E-state index contributed by atoms with van der Waals surface area (Å²) in [5.41, 5.74) is 6.15. The predicted molar refractivity (Wildman–Crippen MR) is 83.8 cm³/mol. The zero-order valence-electron chi connectivity index (χ0n) is 12.4. The number of halogens is 1. The highest BCUT2D eigenvalue weighted by atomic mass is 35.5. The smallest absolute Gasteiger partial charge is 0.222 e.